The van der Waals surface area contributed by atoms with Gasteiger partial charge in [0.05, 0.1) is 5.02 Å². The van der Waals surface area contributed by atoms with E-state index in [-0.39, 0.29) is 17.2 Å². The molecule has 0 saturated heterocycles. The Labute approximate surface area is 124 Å². The van der Waals surface area contributed by atoms with Crippen LogP contribution in [0.4, 0.5) is 4.39 Å². The van der Waals surface area contributed by atoms with Crippen LogP contribution in [0.3, 0.4) is 0 Å². The summed E-state index contributed by atoms with van der Waals surface area (Å²) in [6.07, 6.45) is 4.80. The second-order valence-corrected chi connectivity index (χ2v) is 5.68. The van der Waals surface area contributed by atoms with Crippen LogP contribution in [-0.2, 0) is 16.0 Å². The zero-order chi connectivity index (χ0) is 14.6. The van der Waals surface area contributed by atoms with E-state index in [9.17, 15) is 9.18 Å². The molecule has 1 saturated carbocycles. The molecule has 0 spiro atoms. The van der Waals surface area contributed by atoms with E-state index in [0.717, 1.165) is 32.1 Å². The van der Waals surface area contributed by atoms with Crippen molar-refractivity contribution in [2.45, 2.75) is 51.0 Å². The molecule has 2 nitrogen and oxygen atoms in total. The maximum Gasteiger partial charge on any atom is 0.169 e. The fourth-order valence-corrected chi connectivity index (χ4v) is 3.11. The summed E-state index contributed by atoms with van der Waals surface area (Å²) >= 11 is 5.93. The highest BCUT2D eigenvalue weighted by Crippen LogP contribution is 2.34. The standard InChI is InChI=1S/C16H20ClFO2/c1-2-20-16(9-4-3-5-10-16)14(19)11-12-7-6-8-13(18)15(12)17/h6-8H,2-5,9-11H2,1H3. The number of hydrogen-bond acceptors (Lipinski definition) is 2. The molecule has 20 heavy (non-hydrogen) atoms. The summed E-state index contributed by atoms with van der Waals surface area (Å²) in [5.41, 5.74) is -0.149. The first-order chi connectivity index (χ1) is 9.59. The van der Waals surface area contributed by atoms with E-state index in [1.807, 2.05) is 6.92 Å². The minimum absolute atomic E-state index is 0.0200. The first kappa shape index (κ1) is 15.5. The van der Waals surface area contributed by atoms with Gasteiger partial charge in [0.2, 0.25) is 0 Å². The fourth-order valence-electron chi connectivity index (χ4n) is 2.92. The monoisotopic (exact) mass is 298 g/mol. The molecule has 1 aliphatic rings. The van der Waals surface area contributed by atoms with Crippen LogP contribution in [0.15, 0.2) is 18.2 Å². The minimum Gasteiger partial charge on any atom is -0.367 e. The van der Waals surface area contributed by atoms with Crippen molar-refractivity contribution in [2.24, 2.45) is 0 Å². The van der Waals surface area contributed by atoms with Gasteiger partial charge >= 0.3 is 0 Å². The molecule has 0 radical (unpaired) electrons. The zero-order valence-corrected chi connectivity index (χ0v) is 12.5. The van der Waals surface area contributed by atoms with Gasteiger partial charge < -0.3 is 4.74 Å². The number of ketones is 1. The molecule has 4 heteroatoms. The molecule has 0 N–H and O–H groups in total. The number of hydrogen-bond donors (Lipinski definition) is 0. The molecule has 0 heterocycles. The van der Waals surface area contributed by atoms with Crippen molar-refractivity contribution in [3.63, 3.8) is 0 Å². The number of halogens is 2. The average Bonchev–Trinajstić information content (AvgIpc) is 2.45. The Morgan fingerprint density at radius 3 is 2.70 bits per heavy atom. The van der Waals surface area contributed by atoms with Gasteiger partial charge in [0.25, 0.3) is 0 Å². The number of benzene rings is 1. The lowest BCUT2D eigenvalue weighted by atomic mass is 9.79. The number of carbonyl (C=O) groups excluding carboxylic acids is 1. The second-order valence-electron chi connectivity index (χ2n) is 5.30. The predicted octanol–water partition coefficient (Wildman–Crippen LogP) is 4.33. The van der Waals surface area contributed by atoms with Gasteiger partial charge in [-0.3, -0.25) is 4.79 Å². The van der Waals surface area contributed by atoms with Gasteiger partial charge in [-0.25, -0.2) is 4.39 Å². The SMILES string of the molecule is CCOC1(C(=O)Cc2cccc(F)c2Cl)CCCCC1. The normalized spacial score (nSPS) is 17.9. The Bertz CT molecular complexity index is 476. The number of ether oxygens (including phenoxy) is 1. The summed E-state index contributed by atoms with van der Waals surface area (Å²) in [5.74, 6) is -0.461. The van der Waals surface area contributed by atoms with E-state index in [0.29, 0.717) is 12.2 Å². The lowest BCUT2D eigenvalue weighted by Gasteiger charge is -2.35. The van der Waals surface area contributed by atoms with Gasteiger partial charge in [-0.05, 0) is 31.4 Å². The van der Waals surface area contributed by atoms with E-state index in [1.165, 1.54) is 6.07 Å². The van der Waals surface area contributed by atoms with Crippen LogP contribution in [0.1, 0.15) is 44.6 Å². The van der Waals surface area contributed by atoms with Gasteiger partial charge in [0.15, 0.2) is 5.78 Å². The molecule has 0 aliphatic heterocycles. The summed E-state index contributed by atoms with van der Waals surface area (Å²) in [6, 6.07) is 4.58. The van der Waals surface area contributed by atoms with Crippen LogP contribution in [-0.4, -0.2) is 18.0 Å². The molecule has 0 bridgehead atoms. The summed E-state index contributed by atoms with van der Waals surface area (Å²) in [6.45, 7) is 2.42. The molecule has 1 fully saturated rings. The van der Waals surface area contributed by atoms with Crippen LogP contribution >= 0.6 is 11.6 Å². The Balaban J connectivity index is 2.18. The number of rotatable bonds is 5. The van der Waals surface area contributed by atoms with Crippen LogP contribution in [0.25, 0.3) is 0 Å². The highest BCUT2D eigenvalue weighted by molar-refractivity contribution is 6.31. The summed E-state index contributed by atoms with van der Waals surface area (Å²) in [5, 5.41) is 0.0447. The molecule has 0 aromatic heterocycles. The molecule has 0 amide bonds. The first-order valence-electron chi connectivity index (χ1n) is 7.19. The second kappa shape index (κ2) is 6.68. The maximum atomic E-state index is 13.4. The maximum absolute atomic E-state index is 13.4. The molecule has 1 aromatic rings. The van der Waals surface area contributed by atoms with Crippen molar-refractivity contribution < 1.29 is 13.9 Å². The quantitative estimate of drug-likeness (QED) is 0.809. The van der Waals surface area contributed by atoms with Crippen molar-refractivity contribution in [3.05, 3.63) is 34.6 Å². The third kappa shape index (κ3) is 3.21. The Hall–Kier alpha value is -0.930. The third-order valence-corrected chi connectivity index (χ3v) is 4.40. The molecule has 1 aromatic carbocycles. The molecule has 2 rings (SSSR count). The zero-order valence-electron chi connectivity index (χ0n) is 11.8. The first-order valence-corrected chi connectivity index (χ1v) is 7.57. The Morgan fingerprint density at radius 2 is 2.05 bits per heavy atom. The van der Waals surface area contributed by atoms with Crippen LogP contribution < -0.4 is 0 Å². The lowest BCUT2D eigenvalue weighted by molar-refractivity contribution is -0.148. The summed E-state index contributed by atoms with van der Waals surface area (Å²) in [4.78, 5) is 12.6. The van der Waals surface area contributed by atoms with Crippen LogP contribution in [0.2, 0.25) is 5.02 Å². The van der Waals surface area contributed by atoms with E-state index in [4.69, 9.17) is 16.3 Å². The Morgan fingerprint density at radius 1 is 1.35 bits per heavy atom. The smallest absolute Gasteiger partial charge is 0.169 e. The van der Waals surface area contributed by atoms with E-state index in [1.54, 1.807) is 12.1 Å². The third-order valence-electron chi connectivity index (χ3n) is 3.97. The minimum atomic E-state index is -0.692. The molecular formula is C16H20ClFO2. The van der Waals surface area contributed by atoms with E-state index < -0.39 is 11.4 Å². The van der Waals surface area contributed by atoms with Gasteiger partial charge in [-0.1, -0.05) is 43.0 Å². The van der Waals surface area contributed by atoms with Crippen molar-refractivity contribution >= 4 is 17.4 Å². The molecule has 0 unspecified atom stereocenters. The number of Topliss-reactive ketones (excluding diaryl/α,β-unsaturated/α-hetero) is 1. The topological polar surface area (TPSA) is 26.3 Å². The van der Waals surface area contributed by atoms with Gasteiger partial charge in [-0.15, -0.1) is 0 Å². The fraction of sp³-hybridized carbons (Fsp3) is 0.562. The van der Waals surface area contributed by atoms with E-state index >= 15 is 0 Å². The summed E-state index contributed by atoms with van der Waals surface area (Å²) in [7, 11) is 0. The van der Waals surface area contributed by atoms with Crippen molar-refractivity contribution in [3.8, 4) is 0 Å². The van der Waals surface area contributed by atoms with Crippen LogP contribution in [0, 0.1) is 5.82 Å². The van der Waals surface area contributed by atoms with Gasteiger partial charge in [0.1, 0.15) is 11.4 Å². The van der Waals surface area contributed by atoms with Crippen LogP contribution in [0.5, 0.6) is 0 Å². The van der Waals surface area contributed by atoms with Gasteiger partial charge in [-0.2, -0.15) is 0 Å². The Kier molecular flexibility index (Phi) is 5.17. The van der Waals surface area contributed by atoms with Crippen molar-refractivity contribution in [2.75, 3.05) is 6.61 Å². The average molecular weight is 299 g/mol. The number of carbonyl (C=O) groups is 1. The molecule has 1 aliphatic carbocycles. The molecular weight excluding hydrogens is 279 g/mol. The molecule has 110 valence electrons. The van der Waals surface area contributed by atoms with Crippen molar-refractivity contribution in [1.82, 2.24) is 0 Å². The highest BCUT2D eigenvalue weighted by Gasteiger charge is 2.39. The highest BCUT2D eigenvalue weighted by atomic mass is 35.5. The predicted molar refractivity (Wildman–Crippen MR) is 77.6 cm³/mol. The van der Waals surface area contributed by atoms with Gasteiger partial charge in [0, 0.05) is 13.0 Å². The largest absolute Gasteiger partial charge is 0.367 e. The van der Waals surface area contributed by atoms with E-state index in [2.05, 4.69) is 0 Å². The molecule has 0 atom stereocenters. The van der Waals surface area contributed by atoms with Crippen molar-refractivity contribution in [1.29, 1.82) is 0 Å². The lowest BCUT2D eigenvalue weighted by Crippen LogP contribution is -2.44. The summed E-state index contributed by atoms with van der Waals surface area (Å²) < 4.78 is 19.2.